The van der Waals surface area contributed by atoms with Crippen LogP contribution in [0, 0.1) is 0 Å². The Labute approximate surface area is 442 Å². The van der Waals surface area contributed by atoms with Gasteiger partial charge in [0.2, 0.25) is 5.91 Å². The molecule has 0 aromatic heterocycles. The van der Waals surface area contributed by atoms with E-state index in [1.54, 1.807) is 6.08 Å². The molecule has 0 heterocycles. The summed E-state index contributed by atoms with van der Waals surface area (Å²) in [6.45, 7) is 4.60. The lowest BCUT2D eigenvalue weighted by Gasteiger charge is -2.29. The normalized spacial score (nSPS) is 14.1. The molecule has 0 spiro atoms. The number of phosphoric ester groups is 1. The van der Waals surface area contributed by atoms with Gasteiger partial charge in [-0.2, -0.15) is 0 Å². The monoisotopic (exact) mass is 1020 g/mol. The quantitative estimate of drug-likeness (QED) is 0.0272. The van der Waals surface area contributed by atoms with Crippen molar-refractivity contribution in [2.75, 3.05) is 40.9 Å². The summed E-state index contributed by atoms with van der Waals surface area (Å²) in [7, 11) is 1.24. The Kier molecular flexibility index (Phi) is 52.6. The van der Waals surface area contributed by atoms with Crippen molar-refractivity contribution in [2.24, 2.45) is 0 Å². The fraction of sp³-hybridized carbons (Fsp3) is 0.887. The van der Waals surface area contributed by atoms with Gasteiger partial charge in [-0.3, -0.25) is 9.36 Å². The van der Waals surface area contributed by atoms with Crippen LogP contribution < -0.4 is 10.2 Å². The number of hydrogen-bond donors (Lipinski definition) is 2. The Morgan fingerprint density at radius 2 is 0.789 bits per heavy atom. The lowest BCUT2D eigenvalue weighted by molar-refractivity contribution is -0.870. The summed E-state index contributed by atoms with van der Waals surface area (Å²) < 4.78 is 23.3. The van der Waals surface area contributed by atoms with Crippen molar-refractivity contribution < 1.29 is 32.9 Å². The number of phosphoric acid groups is 1. The number of rotatable bonds is 57. The van der Waals surface area contributed by atoms with Crippen LogP contribution in [0.2, 0.25) is 0 Å². The van der Waals surface area contributed by atoms with Crippen LogP contribution in [-0.2, 0) is 18.4 Å². The summed E-state index contributed by atoms with van der Waals surface area (Å²) in [5.41, 5.74) is 0. The molecule has 1 amide bonds. The molecule has 0 radical (unpaired) electrons. The molecule has 420 valence electrons. The predicted octanol–water partition coefficient (Wildman–Crippen LogP) is 18.3. The van der Waals surface area contributed by atoms with E-state index in [9.17, 15) is 19.4 Å². The van der Waals surface area contributed by atoms with Crippen LogP contribution in [0.4, 0.5) is 0 Å². The summed E-state index contributed by atoms with van der Waals surface area (Å²) in [6, 6.07) is -0.907. The van der Waals surface area contributed by atoms with Crippen molar-refractivity contribution in [1.82, 2.24) is 5.32 Å². The van der Waals surface area contributed by atoms with Gasteiger partial charge in [0.15, 0.2) is 0 Å². The molecule has 0 bridgehead atoms. The smallest absolute Gasteiger partial charge is 0.268 e. The average molecular weight is 1020 g/mol. The predicted molar refractivity (Wildman–Crippen MR) is 307 cm³/mol. The molecule has 0 aromatic rings. The number of nitrogens with one attached hydrogen (secondary N) is 1. The molecule has 0 saturated heterocycles. The number of unbranched alkanes of at least 4 members (excludes halogenated alkanes) is 40. The summed E-state index contributed by atoms with van der Waals surface area (Å²) in [5, 5.41) is 13.8. The van der Waals surface area contributed by atoms with Gasteiger partial charge >= 0.3 is 0 Å². The zero-order valence-electron chi connectivity index (χ0n) is 47.9. The number of carbonyl (C=O) groups excluding carboxylic acids is 1. The number of amides is 1. The first-order valence-corrected chi connectivity index (χ1v) is 32.3. The van der Waals surface area contributed by atoms with Gasteiger partial charge in [-0.05, 0) is 38.5 Å². The zero-order valence-corrected chi connectivity index (χ0v) is 48.8. The largest absolute Gasteiger partial charge is 0.756 e. The topological polar surface area (TPSA) is 108 Å². The van der Waals surface area contributed by atoms with E-state index < -0.39 is 26.6 Å². The highest BCUT2D eigenvalue weighted by Crippen LogP contribution is 2.38. The van der Waals surface area contributed by atoms with Gasteiger partial charge in [-0.15, -0.1) is 0 Å². The second-order valence-electron chi connectivity index (χ2n) is 22.4. The number of allylic oxidation sites excluding steroid dienone is 5. The number of carbonyl (C=O) groups is 1. The number of nitrogens with zero attached hydrogens (tertiary/aromatic N) is 1. The molecule has 0 aromatic carbocycles. The number of hydrogen-bond acceptors (Lipinski definition) is 6. The molecule has 9 heteroatoms. The first kappa shape index (κ1) is 69.7. The van der Waals surface area contributed by atoms with Crippen molar-refractivity contribution in [1.29, 1.82) is 0 Å². The maximum absolute atomic E-state index is 12.9. The summed E-state index contributed by atoms with van der Waals surface area (Å²) >= 11 is 0. The van der Waals surface area contributed by atoms with Gasteiger partial charge in [0.05, 0.1) is 39.9 Å². The van der Waals surface area contributed by atoms with Crippen LogP contribution in [0.25, 0.3) is 0 Å². The van der Waals surface area contributed by atoms with Gasteiger partial charge < -0.3 is 28.8 Å². The fourth-order valence-electron chi connectivity index (χ4n) is 9.23. The minimum absolute atomic E-state index is 0.00774. The third-order valence-corrected chi connectivity index (χ3v) is 15.0. The summed E-state index contributed by atoms with van der Waals surface area (Å²) in [6.07, 6.45) is 69.9. The van der Waals surface area contributed by atoms with Gasteiger partial charge in [-0.1, -0.05) is 294 Å². The Balaban J connectivity index is 3.87. The molecular formula is C62H121N2O6P. The van der Waals surface area contributed by atoms with Crippen molar-refractivity contribution in [3.8, 4) is 0 Å². The third kappa shape index (κ3) is 56.3. The van der Waals surface area contributed by atoms with Gasteiger partial charge in [0, 0.05) is 6.42 Å². The van der Waals surface area contributed by atoms with Crippen molar-refractivity contribution in [3.63, 3.8) is 0 Å². The Bertz CT molecular complexity index is 1250. The first-order valence-electron chi connectivity index (χ1n) is 30.9. The molecule has 0 rings (SSSR count). The molecule has 3 unspecified atom stereocenters. The molecule has 8 nitrogen and oxygen atoms in total. The highest BCUT2D eigenvalue weighted by atomic mass is 31.2. The third-order valence-electron chi connectivity index (χ3n) is 14.1. The van der Waals surface area contributed by atoms with Crippen molar-refractivity contribution in [2.45, 2.75) is 315 Å². The second kappa shape index (κ2) is 53.5. The number of aliphatic hydroxyl groups is 1. The Hall–Kier alpha value is -1.28. The highest BCUT2D eigenvalue weighted by Gasteiger charge is 2.23. The van der Waals surface area contributed by atoms with E-state index in [4.69, 9.17) is 9.05 Å². The minimum atomic E-state index is -4.60. The molecule has 0 fully saturated rings. The van der Waals surface area contributed by atoms with E-state index in [0.717, 1.165) is 51.4 Å². The van der Waals surface area contributed by atoms with Crippen LogP contribution in [0.5, 0.6) is 0 Å². The zero-order chi connectivity index (χ0) is 52.0. The van der Waals surface area contributed by atoms with Gasteiger partial charge in [0.1, 0.15) is 13.2 Å². The van der Waals surface area contributed by atoms with E-state index in [2.05, 4.69) is 43.5 Å². The SMILES string of the molecule is CCCC/C=C/CC/C=C/CC/C=C/C(O)C(COP(=O)([O-])OCC[N+](C)(C)C)NC(=O)CCCCCCCCCCCCCCCCCCCCCCCCCCCCCCCCCCCCCCC. The van der Waals surface area contributed by atoms with Crippen LogP contribution in [0.1, 0.15) is 303 Å². The molecule has 71 heavy (non-hydrogen) atoms. The average Bonchev–Trinajstić information content (AvgIpc) is 3.33. The summed E-state index contributed by atoms with van der Waals surface area (Å²) in [5.74, 6) is -0.208. The highest BCUT2D eigenvalue weighted by molar-refractivity contribution is 7.45. The molecule has 0 aliphatic rings. The van der Waals surface area contributed by atoms with E-state index in [1.807, 2.05) is 27.2 Å². The molecular weight excluding hydrogens is 900 g/mol. The number of quaternary nitrogens is 1. The van der Waals surface area contributed by atoms with Crippen LogP contribution in [-0.4, -0.2) is 68.5 Å². The minimum Gasteiger partial charge on any atom is -0.756 e. The fourth-order valence-corrected chi connectivity index (χ4v) is 9.96. The molecule has 0 aliphatic heterocycles. The Morgan fingerprint density at radius 3 is 1.13 bits per heavy atom. The number of likely N-dealkylation sites (N-methyl/N-ethyl adjacent to an activating group) is 1. The number of aliphatic hydroxyl groups excluding tert-OH is 1. The van der Waals surface area contributed by atoms with E-state index in [0.29, 0.717) is 17.4 Å². The molecule has 0 aliphatic carbocycles. The molecule has 2 N–H and O–H groups in total. The van der Waals surface area contributed by atoms with Gasteiger partial charge in [0.25, 0.3) is 7.82 Å². The maximum atomic E-state index is 12.9. The maximum Gasteiger partial charge on any atom is 0.268 e. The molecule has 3 atom stereocenters. The van der Waals surface area contributed by atoms with Crippen LogP contribution in [0.15, 0.2) is 36.5 Å². The standard InChI is InChI=1S/C62H121N2O6P/c1-6-8-10-12-14-16-18-20-21-22-23-24-25-26-27-28-29-30-31-32-33-34-35-36-37-38-39-40-41-42-43-44-46-48-50-52-54-56-62(66)63-60(59-70-71(67,68)69-58-57-64(3,4)5)61(65)55-53-51-49-47-45-19-17-15-13-11-9-7-2/h13,15,45,47,53,55,60-61,65H,6-12,14,16-44,46,48-52,54,56-59H2,1-5H3,(H-,63,66,67,68)/b15-13+,47-45+,55-53+. The second-order valence-corrected chi connectivity index (χ2v) is 23.8. The van der Waals surface area contributed by atoms with Crippen molar-refractivity contribution in [3.05, 3.63) is 36.5 Å². The first-order chi connectivity index (χ1) is 34.5. The van der Waals surface area contributed by atoms with Crippen LogP contribution in [0.3, 0.4) is 0 Å². The lowest BCUT2D eigenvalue weighted by atomic mass is 10.0. The lowest BCUT2D eigenvalue weighted by Crippen LogP contribution is -2.45. The van der Waals surface area contributed by atoms with E-state index >= 15 is 0 Å². The Morgan fingerprint density at radius 1 is 0.479 bits per heavy atom. The van der Waals surface area contributed by atoms with E-state index in [-0.39, 0.29) is 12.5 Å². The molecule has 0 saturated carbocycles. The van der Waals surface area contributed by atoms with Crippen molar-refractivity contribution >= 4 is 13.7 Å². The van der Waals surface area contributed by atoms with Gasteiger partial charge in [-0.25, -0.2) is 0 Å². The van der Waals surface area contributed by atoms with E-state index in [1.165, 1.54) is 231 Å². The summed E-state index contributed by atoms with van der Waals surface area (Å²) in [4.78, 5) is 25.4. The van der Waals surface area contributed by atoms with Crippen LogP contribution >= 0.6 is 7.82 Å².